The molecule has 11 heteroatoms. The summed E-state index contributed by atoms with van der Waals surface area (Å²) in [5, 5.41) is 14.8. The van der Waals surface area contributed by atoms with Crippen molar-refractivity contribution < 1.29 is 29.0 Å². The molecule has 1 aromatic rings. The zero-order chi connectivity index (χ0) is 26.0. The van der Waals surface area contributed by atoms with Crippen molar-refractivity contribution in [3.05, 3.63) is 28.8 Å². The number of hydrogen-bond donors (Lipinski definition) is 5. The molecule has 3 amide bonds. The third-order valence-electron chi connectivity index (χ3n) is 5.55. The van der Waals surface area contributed by atoms with Crippen LogP contribution < -0.4 is 26.8 Å². The van der Waals surface area contributed by atoms with Gasteiger partial charge in [-0.3, -0.25) is 14.4 Å². The molecule has 10 nitrogen and oxygen atoms in total. The van der Waals surface area contributed by atoms with Crippen molar-refractivity contribution in [2.75, 3.05) is 6.61 Å². The first-order valence-corrected chi connectivity index (χ1v) is 11.5. The number of nitrogens with one attached hydrogen (secondary N) is 2. The molecule has 1 aromatic carbocycles. The highest BCUT2D eigenvalue weighted by atomic mass is 35.5. The van der Waals surface area contributed by atoms with Gasteiger partial charge in [0.15, 0.2) is 0 Å². The summed E-state index contributed by atoms with van der Waals surface area (Å²) >= 11 is 6.06. The summed E-state index contributed by atoms with van der Waals surface area (Å²) in [6.45, 7) is 7.50. The van der Waals surface area contributed by atoms with Crippen molar-refractivity contribution in [2.24, 2.45) is 23.3 Å². The Kier molecular flexibility index (Phi) is 11.8. The van der Waals surface area contributed by atoms with Gasteiger partial charge in [0.1, 0.15) is 24.4 Å². The van der Waals surface area contributed by atoms with Gasteiger partial charge in [-0.05, 0) is 36.5 Å². The van der Waals surface area contributed by atoms with Crippen LogP contribution in [0.2, 0.25) is 5.02 Å². The van der Waals surface area contributed by atoms with E-state index in [1.807, 2.05) is 13.8 Å². The van der Waals surface area contributed by atoms with Gasteiger partial charge in [0.25, 0.3) is 5.91 Å². The van der Waals surface area contributed by atoms with Crippen LogP contribution in [-0.2, 0) is 14.4 Å². The van der Waals surface area contributed by atoms with Gasteiger partial charge in [-0.15, -0.1) is 0 Å². The second-order valence-electron chi connectivity index (χ2n) is 8.60. The standard InChI is InChI=1S/C23H35ClN4O6/c1-5-13(4)20(23(32)33)28-22(31)17(8-9-19(26)29)27-21(30)15-7-6-14(24)10-18(15)34-11-16(25)12(2)3/h6-7,10,12-13,16-17,20H,5,8-9,11,25H2,1-4H3,(H2,26,29)(H,27,30)(H,28,31)(H,32,33)/t13-,16+,17-,20-/m0/s1. The van der Waals surface area contributed by atoms with Crippen LogP contribution in [0, 0.1) is 11.8 Å². The lowest BCUT2D eigenvalue weighted by Crippen LogP contribution is -2.53. The first kappa shape index (κ1) is 29.2. The number of primary amides is 1. The summed E-state index contributed by atoms with van der Waals surface area (Å²) < 4.78 is 5.72. The molecule has 0 aliphatic rings. The van der Waals surface area contributed by atoms with Crippen molar-refractivity contribution in [3.63, 3.8) is 0 Å². The molecule has 0 saturated carbocycles. The monoisotopic (exact) mass is 498 g/mol. The normalized spacial score (nSPS) is 14.6. The number of halogens is 1. The van der Waals surface area contributed by atoms with Crippen LogP contribution in [0.25, 0.3) is 0 Å². The van der Waals surface area contributed by atoms with E-state index in [-0.39, 0.29) is 48.6 Å². The van der Waals surface area contributed by atoms with Gasteiger partial charge in [-0.1, -0.05) is 45.7 Å². The second kappa shape index (κ2) is 13.8. The number of hydrogen-bond acceptors (Lipinski definition) is 6. The summed E-state index contributed by atoms with van der Waals surface area (Å²) in [6.07, 6.45) is 0.216. The Balaban J connectivity index is 3.12. The van der Waals surface area contributed by atoms with E-state index in [9.17, 15) is 24.3 Å². The Bertz CT molecular complexity index is 879. The van der Waals surface area contributed by atoms with E-state index in [1.165, 1.54) is 18.2 Å². The van der Waals surface area contributed by atoms with Crippen LogP contribution in [0.5, 0.6) is 5.75 Å². The minimum atomic E-state index is -1.20. The molecule has 4 atom stereocenters. The molecule has 34 heavy (non-hydrogen) atoms. The number of carbonyl (C=O) groups is 4. The number of aliphatic carboxylic acids is 1. The topological polar surface area (TPSA) is 174 Å². The zero-order valence-corrected chi connectivity index (χ0v) is 20.7. The van der Waals surface area contributed by atoms with E-state index in [1.54, 1.807) is 13.8 Å². The third kappa shape index (κ3) is 9.18. The van der Waals surface area contributed by atoms with Crippen molar-refractivity contribution in [3.8, 4) is 5.75 Å². The average molecular weight is 499 g/mol. The number of carbonyl (C=O) groups excluding carboxylic acids is 3. The van der Waals surface area contributed by atoms with E-state index < -0.39 is 35.8 Å². The summed E-state index contributed by atoms with van der Waals surface area (Å²) in [4.78, 5) is 48.8. The number of amides is 3. The van der Waals surface area contributed by atoms with Crippen LogP contribution in [0.15, 0.2) is 18.2 Å². The van der Waals surface area contributed by atoms with Crippen molar-refractivity contribution in [1.82, 2.24) is 10.6 Å². The summed E-state index contributed by atoms with van der Waals surface area (Å²) in [6, 6.07) is 1.76. The maximum Gasteiger partial charge on any atom is 0.326 e. The highest BCUT2D eigenvalue weighted by Gasteiger charge is 2.30. The fourth-order valence-corrected chi connectivity index (χ4v) is 3.07. The fourth-order valence-electron chi connectivity index (χ4n) is 2.91. The van der Waals surface area contributed by atoms with Crippen LogP contribution in [0.1, 0.15) is 57.3 Å². The lowest BCUT2D eigenvalue weighted by Gasteiger charge is -2.24. The number of carboxylic acids is 1. The lowest BCUT2D eigenvalue weighted by molar-refractivity contribution is -0.143. The van der Waals surface area contributed by atoms with Gasteiger partial charge in [0.05, 0.1) is 5.56 Å². The van der Waals surface area contributed by atoms with Crippen LogP contribution in [0.3, 0.4) is 0 Å². The van der Waals surface area contributed by atoms with Crippen LogP contribution in [0.4, 0.5) is 0 Å². The fraction of sp³-hybridized carbons (Fsp3) is 0.565. The molecule has 0 spiro atoms. The molecule has 1 rings (SSSR count). The van der Waals surface area contributed by atoms with Gasteiger partial charge in [-0.2, -0.15) is 0 Å². The van der Waals surface area contributed by atoms with Crippen molar-refractivity contribution in [2.45, 2.75) is 65.1 Å². The maximum absolute atomic E-state index is 13.0. The first-order chi connectivity index (χ1) is 15.9. The quantitative estimate of drug-likeness (QED) is 0.259. The van der Waals surface area contributed by atoms with Crippen LogP contribution >= 0.6 is 11.6 Å². The van der Waals surface area contributed by atoms with Crippen molar-refractivity contribution in [1.29, 1.82) is 0 Å². The Labute approximate surface area is 204 Å². The SMILES string of the molecule is CC[C@H](C)[C@H](NC(=O)[C@H](CCC(N)=O)NC(=O)c1ccc(Cl)cc1OC[C@@H](N)C(C)C)C(=O)O. The van der Waals surface area contributed by atoms with E-state index >= 15 is 0 Å². The minimum Gasteiger partial charge on any atom is -0.491 e. The molecule has 0 heterocycles. The highest BCUT2D eigenvalue weighted by molar-refractivity contribution is 6.30. The van der Waals surface area contributed by atoms with Gasteiger partial charge < -0.3 is 31.9 Å². The van der Waals surface area contributed by atoms with Gasteiger partial charge in [-0.25, -0.2) is 4.79 Å². The Morgan fingerprint density at radius 3 is 2.32 bits per heavy atom. The van der Waals surface area contributed by atoms with E-state index in [4.69, 9.17) is 27.8 Å². The maximum atomic E-state index is 13.0. The highest BCUT2D eigenvalue weighted by Crippen LogP contribution is 2.24. The Morgan fingerprint density at radius 1 is 1.15 bits per heavy atom. The van der Waals surface area contributed by atoms with E-state index in [0.717, 1.165) is 0 Å². The number of nitrogens with two attached hydrogens (primary N) is 2. The number of ether oxygens (including phenoxy) is 1. The third-order valence-corrected chi connectivity index (χ3v) is 5.79. The van der Waals surface area contributed by atoms with Gasteiger partial charge in [0, 0.05) is 17.5 Å². The lowest BCUT2D eigenvalue weighted by atomic mass is 9.98. The number of rotatable bonds is 14. The molecular formula is C23H35ClN4O6. The van der Waals surface area contributed by atoms with Crippen LogP contribution in [-0.4, -0.2) is 53.5 Å². The molecule has 0 aromatic heterocycles. The molecule has 190 valence electrons. The molecule has 0 fully saturated rings. The molecule has 0 aliphatic heterocycles. The van der Waals surface area contributed by atoms with Gasteiger partial charge >= 0.3 is 5.97 Å². The molecule has 0 aliphatic carbocycles. The predicted molar refractivity (Wildman–Crippen MR) is 128 cm³/mol. The Hall–Kier alpha value is -2.85. The Morgan fingerprint density at radius 2 is 1.79 bits per heavy atom. The second-order valence-corrected chi connectivity index (χ2v) is 9.04. The first-order valence-electron chi connectivity index (χ1n) is 11.2. The number of carboxylic acid groups (broad SMARTS) is 1. The molecular weight excluding hydrogens is 464 g/mol. The summed E-state index contributed by atoms with van der Waals surface area (Å²) in [5.41, 5.74) is 11.3. The molecule has 0 saturated heterocycles. The molecule has 0 radical (unpaired) electrons. The zero-order valence-electron chi connectivity index (χ0n) is 20.0. The molecule has 0 unspecified atom stereocenters. The summed E-state index contributed by atoms with van der Waals surface area (Å²) in [7, 11) is 0. The van der Waals surface area contributed by atoms with Gasteiger partial charge in [0.2, 0.25) is 11.8 Å². The van der Waals surface area contributed by atoms with E-state index in [2.05, 4.69) is 10.6 Å². The van der Waals surface area contributed by atoms with Crippen molar-refractivity contribution >= 4 is 35.3 Å². The summed E-state index contributed by atoms with van der Waals surface area (Å²) in [5.74, 6) is -3.29. The smallest absolute Gasteiger partial charge is 0.326 e. The molecule has 0 bridgehead atoms. The minimum absolute atomic E-state index is 0.106. The number of benzene rings is 1. The predicted octanol–water partition coefficient (Wildman–Crippen LogP) is 1.68. The average Bonchev–Trinajstić information content (AvgIpc) is 2.77. The largest absolute Gasteiger partial charge is 0.491 e. The van der Waals surface area contributed by atoms with E-state index in [0.29, 0.717) is 11.4 Å². The molecule has 7 N–H and O–H groups in total.